The second-order valence-electron chi connectivity index (χ2n) is 8.05. The van der Waals surface area contributed by atoms with Crippen LogP contribution in [0.15, 0.2) is 9.95 Å². The van der Waals surface area contributed by atoms with Gasteiger partial charge in [-0.1, -0.05) is 18.7 Å². The molecule has 6 nitrogen and oxygen atoms in total. The fraction of sp³-hybridized carbons (Fsp3) is 0.650. The molecule has 0 aromatic carbocycles. The van der Waals surface area contributed by atoms with Crippen molar-refractivity contribution in [3.63, 3.8) is 0 Å². The zero-order valence-corrected chi connectivity index (χ0v) is 18.3. The van der Waals surface area contributed by atoms with E-state index < -0.39 is 0 Å². The quantitative estimate of drug-likeness (QED) is 0.549. The van der Waals surface area contributed by atoms with Gasteiger partial charge in [0.25, 0.3) is 5.56 Å². The van der Waals surface area contributed by atoms with Crippen LogP contribution in [-0.4, -0.2) is 52.9 Å². The molecule has 2 aromatic rings. The highest BCUT2D eigenvalue weighted by Gasteiger charge is 2.26. The number of nitrogens with zero attached hydrogens (tertiary/aromatic N) is 3. The smallest absolute Gasteiger partial charge is 0.263 e. The number of ether oxygens (including phenoxy) is 1. The number of aryl methyl sites for hydroxylation is 1. The fourth-order valence-corrected chi connectivity index (χ4v) is 6.33. The number of amides is 1. The molecule has 0 unspecified atom stereocenters. The number of carbonyl (C=O) groups excluding carboxylic acids is 1. The normalized spacial score (nSPS) is 21.8. The van der Waals surface area contributed by atoms with Crippen molar-refractivity contribution < 1.29 is 9.53 Å². The van der Waals surface area contributed by atoms with E-state index in [1.54, 1.807) is 34.9 Å². The van der Waals surface area contributed by atoms with E-state index in [1.807, 2.05) is 0 Å². The van der Waals surface area contributed by atoms with Gasteiger partial charge in [-0.25, -0.2) is 4.98 Å². The van der Waals surface area contributed by atoms with Crippen molar-refractivity contribution >= 4 is 39.2 Å². The van der Waals surface area contributed by atoms with E-state index in [9.17, 15) is 9.59 Å². The molecule has 1 saturated heterocycles. The van der Waals surface area contributed by atoms with Crippen LogP contribution in [0.1, 0.15) is 36.6 Å². The van der Waals surface area contributed by atoms with E-state index in [0.29, 0.717) is 17.6 Å². The van der Waals surface area contributed by atoms with E-state index in [0.717, 1.165) is 48.9 Å². The lowest BCUT2D eigenvalue weighted by molar-refractivity contribution is -0.125. The molecule has 0 N–H and O–H groups in total. The summed E-state index contributed by atoms with van der Waals surface area (Å²) in [5.74, 6) is 0.946. The van der Waals surface area contributed by atoms with Gasteiger partial charge in [0, 0.05) is 25.6 Å². The minimum Gasteiger partial charge on any atom is -0.376 e. The molecule has 2 atom stereocenters. The lowest BCUT2D eigenvalue weighted by Crippen LogP contribution is -2.30. The molecule has 152 valence electrons. The highest BCUT2D eigenvalue weighted by atomic mass is 32.2. The number of hydrogen-bond acceptors (Lipinski definition) is 6. The van der Waals surface area contributed by atoms with Crippen LogP contribution in [0.25, 0.3) is 10.2 Å². The van der Waals surface area contributed by atoms with Crippen molar-refractivity contribution in [1.82, 2.24) is 14.5 Å². The van der Waals surface area contributed by atoms with Crippen LogP contribution >= 0.6 is 23.1 Å². The summed E-state index contributed by atoms with van der Waals surface area (Å²) in [5.41, 5.74) is 1.24. The molecular formula is C20H27N3O3S2. The number of rotatable bonds is 5. The van der Waals surface area contributed by atoms with Gasteiger partial charge in [0.2, 0.25) is 5.91 Å². The summed E-state index contributed by atoms with van der Waals surface area (Å²) in [7, 11) is 3.49. The number of thioether (sulfide) groups is 1. The standard InChI is InChI=1S/C20H27N3O3S2/c1-12-6-7-14-15(9-12)28-18-17(14)19(25)23(10-13-5-4-8-26-13)20(21-18)27-11-16(24)22(2)3/h12-13H,4-11H2,1-3H3/t12-,13-/m1/s1. The molecule has 28 heavy (non-hydrogen) atoms. The minimum absolute atomic E-state index is 0.0160. The van der Waals surface area contributed by atoms with Gasteiger partial charge in [0.1, 0.15) is 4.83 Å². The van der Waals surface area contributed by atoms with Gasteiger partial charge >= 0.3 is 0 Å². The fourth-order valence-electron chi connectivity index (χ4n) is 3.92. The average Bonchev–Trinajstić information content (AvgIpc) is 3.28. The predicted molar refractivity (Wildman–Crippen MR) is 113 cm³/mol. The van der Waals surface area contributed by atoms with Crippen molar-refractivity contribution in [1.29, 1.82) is 0 Å². The first kappa shape index (κ1) is 19.9. The molecule has 8 heteroatoms. The van der Waals surface area contributed by atoms with Crippen molar-refractivity contribution in [2.75, 3.05) is 26.5 Å². The van der Waals surface area contributed by atoms with Crippen LogP contribution in [0.2, 0.25) is 0 Å². The SMILES string of the molecule is C[C@@H]1CCc2c(sc3nc(SCC(=O)N(C)C)n(C[C@H]4CCCO4)c(=O)c23)C1. The van der Waals surface area contributed by atoms with Crippen LogP contribution in [-0.2, 0) is 28.9 Å². The summed E-state index contributed by atoms with van der Waals surface area (Å²) in [4.78, 5) is 34.1. The lowest BCUT2D eigenvalue weighted by atomic mass is 9.89. The Balaban J connectivity index is 1.76. The van der Waals surface area contributed by atoms with Crippen molar-refractivity contribution in [3.05, 3.63) is 20.8 Å². The van der Waals surface area contributed by atoms with Gasteiger partial charge in [-0.2, -0.15) is 0 Å². The lowest BCUT2D eigenvalue weighted by Gasteiger charge is -2.18. The molecule has 1 aliphatic heterocycles. The van der Waals surface area contributed by atoms with Gasteiger partial charge in [0.05, 0.1) is 23.8 Å². The molecule has 2 aliphatic rings. The van der Waals surface area contributed by atoms with E-state index in [-0.39, 0.29) is 23.3 Å². The molecule has 2 aromatic heterocycles. The molecule has 1 aliphatic carbocycles. The summed E-state index contributed by atoms with van der Waals surface area (Å²) in [5, 5.41) is 1.43. The van der Waals surface area contributed by atoms with Crippen LogP contribution in [0, 0.1) is 5.92 Å². The summed E-state index contributed by atoms with van der Waals surface area (Å²) in [6.45, 7) is 3.54. The molecular weight excluding hydrogens is 394 g/mol. The highest BCUT2D eigenvalue weighted by molar-refractivity contribution is 7.99. The first-order valence-corrected chi connectivity index (χ1v) is 11.7. The van der Waals surface area contributed by atoms with Crippen molar-refractivity contribution in [2.24, 2.45) is 5.92 Å². The summed E-state index contributed by atoms with van der Waals surface area (Å²) in [6, 6.07) is 0. The molecule has 0 saturated carbocycles. The Morgan fingerprint density at radius 3 is 2.93 bits per heavy atom. The largest absolute Gasteiger partial charge is 0.376 e. The number of fused-ring (bicyclic) bond motifs is 3. The van der Waals surface area contributed by atoms with Crippen molar-refractivity contribution in [3.8, 4) is 0 Å². The highest BCUT2D eigenvalue weighted by Crippen LogP contribution is 2.36. The summed E-state index contributed by atoms with van der Waals surface area (Å²) < 4.78 is 7.54. The second kappa shape index (κ2) is 8.16. The first-order valence-electron chi connectivity index (χ1n) is 9.93. The van der Waals surface area contributed by atoms with Gasteiger partial charge < -0.3 is 9.64 Å². The molecule has 0 spiro atoms. The number of aromatic nitrogens is 2. The molecule has 1 amide bonds. The topological polar surface area (TPSA) is 64.4 Å². The maximum absolute atomic E-state index is 13.5. The number of hydrogen-bond donors (Lipinski definition) is 0. The minimum atomic E-state index is 0.0160. The van der Waals surface area contributed by atoms with Gasteiger partial charge in [0.15, 0.2) is 5.16 Å². The third-order valence-electron chi connectivity index (χ3n) is 5.61. The van der Waals surface area contributed by atoms with E-state index in [2.05, 4.69) is 6.92 Å². The predicted octanol–water partition coefficient (Wildman–Crippen LogP) is 2.94. The number of thiophene rings is 1. The van der Waals surface area contributed by atoms with Crippen molar-refractivity contribution in [2.45, 2.75) is 56.8 Å². The first-order chi connectivity index (χ1) is 13.4. The number of carbonyl (C=O) groups is 1. The van der Waals surface area contributed by atoms with Gasteiger partial charge in [-0.15, -0.1) is 11.3 Å². The Bertz CT molecular complexity index is 944. The zero-order valence-electron chi connectivity index (χ0n) is 16.7. The molecule has 1 fully saturated rings. The Hall–Kier alpha value is -1.38. The average molecular weight is 422 g/mol. The van der Waals surface area contributed by atoms with Crippen LogP contribution in [0.3, 0.4) is 0 Å². The molecule has 0 bridgehead atoms. The Kier molecular flexibility index (Phi) is 5.81. The van der Waals surface area contributed by atoms with Gasteiger partial charge in [-0.05, 0) is 43.6 Å². The summed E-state index contributed by atoms with van der Waals surface area (Å²) in [6.07, 6.45) is 5.16. The van der Waals surface area contributed by atoms with E-state index >= 15 is 0 Å². The molecule has 0 radical (unpaired) electrons. The maximum Gasteiger partial charge on any atom is 0.263 e. The second-order valence-corrected chi connectivity index (χ2v) is 10.1. The maximum atomic E-state index is 13.5. The van der Waals surface area contributed by atoms with Crippen LogP contribution in [0.4, 0.5) is 0 Å². The Morgan fingerprint density at radius 2 is 2.21 bits per heavy atom. The van der Waals surface area contributed by atoms with Crippen LogP contribution < -0.4 is 5.56 Å². The zero-order chi connectivity index (χ0) is 19.8. The molecule has 3 heterocycles. The Morgan fingerprint density at radius 1 is 1.39 bits per heavy atom. The summed E-state index contributed by atoms with van der Waals surface area (Å²) >= 11 is 3.01. The van der Waals surface area contributed by atoms with E-state index in [4.69, 9.17) is 9.72 Å². The van der Waals surface area contributed by atoms with E-state index in [1.165, 1.54) is 22.2 Å². The third kappa shape index (κ3) is 3.86. The Labute approximate surface area is 173 Å². The van der Waals surface area contributed by atoms with Crippen LogP contribution in [0.5, 0.6) is 0 Å². The monoisotopic (exact) mass is 421 g/mol. The third-order valence-corrected chi connectivity index (χ3v) is 7.72. The van der Waals surface area contributed by atoms with Gasteiger partial charge in [-0.3, -0.25) is 14.2 Å². The molecule has 4 rings (SSSR count).